The molecule has 1 aromatic carbocycles. The minimum atomic E-state index is -4.56. The van der Waals surface area contributed by atoms with Gasteiger partial charge in [0.25, 0.3) is 0 Å². The van der Waals surface area contributed by atoms with Crippen molar-refractivity contribution in [1.29, 1.82) is 0 Å². The Kier molecular flexibility index (Phi) is 3.67. The molecular weight excluding hydrogens is 319 g/mol. The standard InChI is InChI=1S/C15H13ClF3NO2/c16-11-6-5-8(15(17,18)19)7-12(11)20-13(21)9-3-1-2-4-10(9)14(20)22/h5-7,9-10H,1-4H2/t9-,10-/m1/s1. The van der Waals surface area contributed by atoms with E-state index in [1.54, 1.807) is 0 Å². The van der Waals surface area contributed by atoms with Crippen molar-refractivity contribution in [1.82, 2.24) is 0 Å². The fourth-order valence-corrected chi connectivity index (χ4v) is 3.46. The highest BCUT2D eigenvalue weighted by molar-refractivity contribution is 6.36. The van der Waals surface area contributed by atoms with Gasteiger partial charge in [-0.25, -0.2) is 4.90 Å². The Labute approximate surface area is 130 Å². The number of alkyl halides is 3. The van der Waals surface area contributed by atoms with E-state index in [-0.39, 0.29) is 10.7 Å². The zero-order valence-corrected chi connectivity index (χ0v) is 12.2. The van der Waals surface area contributed by atoms with E-state index in [0.29, 0.717) is 12.8 Å². The summed E-state index contributed by atoms with van der Waals surface area (Å²) < 4.78 is 38.5. The number of nitrogens with zero attached hydrogens (tertiary/aromatic N) is 1. The summed E-state index contributed by atoms with van der Waals surface area (Å²) in [7, 11) is 0. The fourth-order valence-electron chi connectivity index (χ4n) is 3.26. The zero-order chi connectivity index (χ0) is 16.1. The molecule has 2 amide bonds. The molecule has 0 aromatic heterocycles. The molecule has 1 heterocycles. The number of carbonyl (C=O) groups is 2. The van der Waals surface area contributed by atoms with Gasteiger partial charge < -0.3 is 0 Å². The summed E-state index contributed by atoms with van der Waals surface area (Å²) in [4.78, 5) is 25.7. The van der Waals surface area contributed by atoms with Gasteiger partial charge in [-0.3, -0.25) is 9.59 Å². The summed E-state index contributed by atoms with van der Waals surface area (Å²) in [6.45, 7) is 0. The Hall–Kier alpha value is -1.56. The second kappa shape index (κ2) is 5.26. The summed E-state index contributed by atoms with van der Waals surface area (Å²) in [5.74, 6) is -1.72. The second-order valence-corrected chi connectivity index (χ2v) is 6.08. The van der Waals surface area contributed by atoms with E-state index in [1.165, 1.54) is 0 Å². The Bertz CT molecular complexity index is 620. The normalized spacial score (nSPS) is 25.5. The van der Waals surface area contributed by atoms with Crippen molar-refractivity contribution < 1.29 is 22.8 Å². The lowest BCUT2D eigenvalue weighted by molar-refractivity contribution is -0.137. The van der Waals surface area contributed by atoms with Gasteiger partial charge in [0.05, 0.1) is 28.1 Å². The number of hydrogen-bond acceptors (Lipinski definition) is 2. The highest BCUT2D eigenvalue weighted by atomic mass is 35.5. The van der Waals surface area contributed by atoms with Crippen molar-refractivity contribution in [3.8, 4) is 0 Å². The highest BCUT2D eigenvalue weighted by Crippen LogP contribution is 2.43. The molecule has 1 aliphatic heterocycles. The molecule has 3 rings (SSSR count). The van der Waals surface area contributed by atoms with Gasteiger partial charge in [0.2, 0.25) is 11.8 Å². The average molecular weight is 332 g/mol. The minimum Gasteiger partial charge on any atom is -0.274 e. The van der Waals surface area contributed by atoms with E-state index in [2.05, 4.69) is 0 Å². The smallest absolute Gasteiger partial charge is 0.274 e. The zero-order valence-electron chi connectivity index (χ0n) is 11.5. The van der Waals surface area contributed by atoms with Crippen LogP contribution in [-0.2, 0) is 15.8 Å². The lowest BCUT2D eigenvalue weighted by atomic mass is 9.81. The number of hydrogen-bond donors (Lipinski definition) is 0. The van der Waals surface area contributed by atoms with Gasteiger partial charge in [0.1, 0.15) is 0 Å². The van der Waals surface area contributed by atoms with Crippen LogP contribution in [0.1, 0.15) is 31.2 Å². The Morgan fingerprint density at radius 1 is 1.05 bits per heavy atom. The molecular formula is C15H13ClF3NO2. The first-order chi connectivity index (χ1) is 10.3. The van der Waals surface area contributed by atoms with Crippen molar-refractivity contribution in [3.63, 3.8) is 0 Å². The number of fused-ring (bicyclic) bond motifs is 1. The predicted octanol–water partition coefficient (Wildman–Crippen LogP) is 4.04. The van der Waals surface area contributed by atoms with Crippen LogP contribution in [0.5, 0.6) is 0 Å². The molecule has 2 aliphatic rings. The summed E-state index contributed by atoms with van der Waals surface area (Å²) in [5.41, 5.74) is -1.09. The summed E-state index contributed by atoms with van der Waals surface area (Å²) in [6.07, 6.45) is -1.66. The van der Waals surface area contributed by atoms with Crippen LogP contribution in [0.2, 0.25) is 5.02 Å². The molecule has 0 spiro atoms. The van der Waals surface area contributed by atoms with Gasteiger partial charge in [-0.2, -0.15) is 13.2 Å². The van der Waals surface area contributed by atoms with Crippen LogP contribution in [0.25, 0.3) is 0 Å². The number of halogens is 4. The monoisotopic (exact) mass is 331 g/mol. The van der Waals surface area contributed by atoms with Gasteiger partial charge in [0.15, 0.2) is 0 Å². The van der Waals surface area contributed by atoms with E-state index in [4.69, 9.17) is 11.6 Å². The van der Waals surface area contributed by atoms with Crippen LogP contribution in [0.15, 0.2) is 18.2 Å². The van der Waals surface area contributed by atoms with Gasteiger partial charge in [0, 0.05) is 0 Å². The molecule has 1 saturated carbocycles. The van der Waals surface area contributed by atoms with Gasteiger partial charge >= 0.3 is 6.18 Å². The van der Waals surface area contributed by atoms with Crippen molar-refractivity contribution in [3.05, 3.63) is 28.8 Å². The van der Waals surface area contributed by atoms with Gasteiger partial charge in [-0.1, -0.05) is 24.4 Å². The Morgan fingerprint density at radius 2 is 1.59 bits per heavy atom. The first kappa shape index (κ1) is 15.3. The van der Waals surface area contributed by atoms with Crippen molar-refractivity contribution >= 4 is 29.1 Å². The minimum absolute atomic E-state index is 0.0339. The third-order valence-electron chi connectivity index (χ3n) is 4.36. The maximum atomic E-state index is 12.8. The van der Waals surface area contributed by atoms with Crippen LogP contribution in [0, 0.1) is 11.8 Å². The molecule has 1 saturated heterocycles. The van der Waals surface area contributed by atoms with E-state index < -0.39 is 35.4 Å². The molecule has 0 radical (unpaired) electrons. The largest absolute Gasteiger partial charge is 0.416 e. The molecule has 7 heteroatoms. The Balaban J connectivity index is 2.03. The first-order valence-corrected chi connectivity index (χ1v) is 7.43. The molecule has 1 aromatic rings. The number of amides is 2. The van der Waals surface area contributed by atoms with Crippen LogP contribution in [-0.4, -0.2) is 11.8 Å². The third-order valence-corrected chi connectivity index (χ3v) is 4.68. The predicted molar refractivity (Wildman–Crippen MR) is 74.4 cm³/mol. The number of benzene rings is 1. The van der Waals surface area contributed by atoms with Crippen LogP contribution in [0.3, 0.4) is 0 Å². The molecule has 2 atom stereocenters. The molecule has 118 valence electrons. The molecule has 3 nitrogen and oxygen atoms in total. The molecule has 0 N–H and O–H groups in total. The van der Waals surface area contributed by atoms with Gasteiger partial charge in [-0.05, 0) is 31.0 Å². The second-order valence-electron chi connectivity index (χ2n) is 5.67. The summed E-state index contributed by atoms with van der Waals surface area (Å²) in [5, 5.41) is -0.0339. The van der Waals surface area contributed by atoms with Crippen molar-refractivity contribution in [2.45, 2.75) is 31.9 Å². The highest BCUT2D eigenvalue weighted by Gasteiger charge is 2.49. The first-order valence-electron chi connectivity index (χ1n) is 7.05. The van der Waals surface area contributed by atoms with E-state index in [0.717, 1.165) is 35.9 Å². The number of carbonyl (C=O) groups excluding carboxylic acids is 2. The molecule has 22 heavy (non-hydrogen) atoms. The molecule has 0 unspecified atom stereocenters. The maximum absolute atomic E-state index is 12.8. The van der Waals surface area contributed by atoms with Gasteiger partial charge in [-0.15, -0.1) is 0 Å². The lowest BCUT2D eigenvalue weighted by Gasteiger charge is -2.19. The maximum Gasteiger partial charge on any atom is 0.416 e. The lowest BCUT2D eigenvalue weighted by Crippen LogP contribution is -2.31. The third kappa shape index (κ3) is 2.39. The number of rotatable bonds is 1. The van der Waals surface area contributed by atoms with Crippen LogP contribution in [0.4, 0.5) is 18.9 Å². The summed E-state index contributed by atoms with van der Waals surface area (Å²) in [6, 6.07) is 2.68. The molecule has 1 aliphatic carbocycles. The molecule has 0 bridgehead atoms. The van der Waals surface area contributed by atoms with E-state index in [9.17, 15) is 22.8 Å². The Morgan fingerprint density at radius 3 is 2.09 bits per heavy atom. The SMILES string of the molecule is O=C1[C@@H]2CCCC[C@H]2C(=O)N1c1cc(C(F)(F)F)ccc1Cl. The number of imide groups is 1. The average Bonchev–Trinajstić information content (AvgIpc) is 2.71. The van der Waals surface area contributed by atoms with Crippen molar-refractivity contribution in [2.24, 2.45) is 11.8 Å². The number of anilines is 1. The van der Waals surface area contributed by atoms with E-state index in [1.807, 2.05) is 0 Å². The summed E-state index contributed by atoms with van der Waals surface area (Å²) >= 11 is 5.94. The van der Waals surface area contributed by atoms with Crippen LogP contribution >= 0.6 is 11.6 Å². The van der Waals surface area contributed by atoms with Crippen LogP contribution < -0.4 is 4.90 Å². The fraction of sp³-hybridized carbons (Fsp3) is 0.467. The molecule has 2 fully saturated rings. The topological polar surface area (TPSA) is 37.4 Å². The van der Waals surface area contributed by atoms with E-state index >= 15 is 0 Å². The van der Waals surface area contributed by atoms with Crippen molar-refractivity contribution in [2.75, 3.05) is 4.90 Å². The quantitative estimate of drug-likeness (QED) is 0.728.